The number of thiocarbonyl (C=S) groups is 1. The van der Waals surface area contributed by atoms with Gasteiger partial charge in [0.25, 0.3) is 0 Å². The van der Waals surface area contributed by atoms with E-state index in [2.05, 4.69) is 20.7 Å². The van der Waals surface area contributed by atoms with Crippen LogP contribution in [0.3, 0.4) is 0 Å². The average molecular weight is 448 g/mol. The Balaban J connectivity index is 1.47. The van der Waals surface area contributed by atoms with Gasteiger partial charge in [0.2, 0.25) is 0 Å². The van der Waals surface area contributed by atoms with Gasteiger partial charge in [-0.3, -0.25) is 0 Å². The molecule has 0 aliphatic carbocycles. The van der Waals surface area contributed by atoms with Crippen LogP contribution in [0.15, 0.2) is 67.0 Å². The van der Waals surface area contributed by atoms with E-state index < -0.39 is 11.7 Å². The molecule has 2 N–H and O–H groups in total. The predicted molar refractivity (Wildman–Crippen MR) is 115 cm³/mol. The van der Waals surface area contributed by atoms with Crippen LogP contribution < -0.4 is 10.6 Å². The molecule has 0 atom stereocenters. The van der Waals surface area contributed by atoms with Crippen LogP contribution in [0, 0.1) is 0 Å². The van der Waals surface area contributed by atoms with E-state index in [9.17, 15) is 13.2 Å². The number of hydrogen-bond donors (Lipinski definition) is 2. The second-order valence-corrected chi connectivity index (χ2v) is 7.11. The highest BCUT2D eigenvalue weighted by atomic mass is 35.5. The van der Waals surface area contributed by atoms with Crippen LogP contribution in [0.4, 0.5) is 24.5 Å². The minimum atomic E-state index is -4.55. The van der Waals surface area contributed by atoms with Crippen molar-refractivity contribution in [3.05, 3.63) is 77.6 Å². The second kappa shape index (κ2) is 7.92. The van der Waals surface area contributed by atoms with Crippen molar-refractivity contribution in [2.24, 2.45) is 0 Å². The zero-order valence-corrected chi connectivity index (χ0v) is 16.7. The second-order valence-electron chi connectivity index (χ2n) is 6.29. The number of rotatable bonds is 3. The fourth-order valence-corrected chi connectivity index (χ4v) is 3.31. The summed E-state index contributed by atoms with van der Waals surface area (Å²) in [6.45, 7) is 0. The van der Waals surface area contributed by atoms with Crippen molar-refractivity contribution < 1.29 is 13.2 Å². The van der Waals surface area contributed by atoms with Gasteiger partial charge in [-0.05, 0) is 66.8 Å². The molecule has 0 spiro atoms. The van der Waals surface area contributed by atoms with Crippen LogP contribution in [0.2, 0.25) is 5.02 Å². The minimum absolute atomic E-state index is 0.143. The predicted octanol–water partition coefficient (Wildman–Crippen LogP) is 5.90. The number of nitrogens with one attached hydrogen (secondary N) is 2. The maximum atomic E-state index is 13.0. The molecule has 0 bridgehead atoms. The van der Waals surface area contributed by atoms with E-state index in [-0.39, 0.29) is 15.8 Å². The lowest BCUT2D eigenvalue weighted by molar-refractivity contribution is -0.137. The van der Waals surface area contributed by atoms with Gasteiger partial charge >= 0.3 is 6.18 Å². The van der Waals surface area contributed by atoms with Gasteiger partial charge in [0.15, 0.2) is 10.8 Å². The van der Waals surface area contributed by atoms with Gasteiger partial charge in [-0.1, -0.05) is 11.6 Å². The van der Waals surface area contributed by atoms with Crippen molar-refractivity contribution in [1.29, 1.82) is 0 Å². The molecule has 0 aliphatic rings. The molecule has 152 valence electrons. The van der Waals surface area contributed by atoms with Crippen molar-refractivity contribution >= 4 is 51.3 Å². The summed E-state index contributed by atoms with van der Waals surface area (Å²) < 4.78 is 40.7. The van der Waals surface area contributed by atoms with Crippen LogP contribution in [-0.2, 0) is 6.18 Å². The molecule has 2 aromatic carbocycles. The van der Waals surface area contributed by atoms with Gasteiger partial charge in [0.05, 0.1) is 22.5 Å². The number of aromatic nitrogens is 3. The van der Waals surface area contributed by atoms with Crippen molar-refractivity contribution in [3.63, 3.8) is 0 Å². The van der Waals surface area contributed by atoms with Gasteiger partial charge in [0, 0.05) is 23.0 Å². The molecule has 2 heterocycles. The van der Waals surface area contributed by atoms with Crippen molar-refractivity contribution in [1.82, 2.24) is 14.8 Å². The van der Waals surface area contributed by atoms with E-state index in [0.29, 0.717) is 5.69 Å². The Morgan fingerprint density at radius 1 is 1.00 bits per heavy atom. The van der Waals surface area contributed by atoms with E-state index >= 15 is 0 Å². The molecule has 0 aliphatic heterocycles. The molecule has 0 unspecified atom stereocenters. The van der Waals surface area contributed by atoms with E-state index in [1.807, 2.05) is 24.3 Å². The quantitative estimate of drug-likeness (QED) is 0.383. The lowest BCUT2D eigenvalue weighted by Gasteiger charge is -2.14. The lowest BCUT2D eigenvalue weighted by atomic mass is 10.2. The maximum Gasteiger partial charge on any atom is 0.417 e. The molecular formula is C20H13ClF3N5S. The summed E-state index contributed by atoms with van der Waals surface area (Å²) in [4.78, 5) is 4.33. The van der Waals surface area contributed by atoms with Crippen molar-refractivity contribution in [2.75, 3.05) is 10.6 Å². The maximum absolute atomic E-state index is 13.0. The van der Waals surface area contributed by atoms with Crippen LogP contribution in [-0.4, -0.2) is 19.9 Å². The molecular weight excluding hydrogens is 435 g/mol. The van der Waals surface area contributed by atoms with E-state index in [4.69, 9.17) is 23.8 Å². The summed E-state index contributed by atoms with van der Waals surface area (Å²) in [6.07, 6.45) is -1.12. The van der Waals surface area contributed by atoms with Gasteiger partial charge < -0.3 is 10.6 Å². The average Bonchev–Trinajstić information content (AvgIpc) is 3.13. The number of benzene rings is 2. The van der Waals surface area contributed by atoms with Crippen LogP contribution in [0.1, 0.15) is 5.56 Å². The number of pyridine rings is 1. The summed E-state index contributed by atoms with van der Waals surface area (Å²) in [5.74, 6) is 0. The van der Waals surface area contributed by atoms with Crippen LogP contribution >= 0.6 is 23.8 Å². The normalized spacial score (nSPS) is 11.5. The molecule has 0 amide bonds. The summed E-state index contributed by atoms with van der Waals surface area (Å²) >= 11 is 10.8. The summed E-state index contributed by atoms with van der Waals surface area (Å²) in [5, 5.41) is 10.7. The molecule has 2 aromatic heterocycles. The Kier molecular flexibility index (Phi) is 5.31. The summed E-state index contributed by atoms with van der Waals surface area (Å²) in [6, 6.07) is 14.5. The zero-order chi connectivity index (χ0) is 21.3. The van der Waals surface area contributed by atoms with Gasteiger partial charge in [-0.25, -0.2) is 9.67 Å². The first kappa shape index (κ1) is 20.1. The first-order valence-corrected chi connectivity index (χ1v) is 9.44. The molecule has 0 saturated carbocycles. The topological polar surface area (TPSA) is 54.8 Å². The Hall–Kier alpha value is -3.17. The van der Waals surface area contributed by atoms with E-state index in [1.165, 1.54) is 12.1 Å². The Morgan fingerprint density at radius 2 is 1.70 bits per heavy atom. The standard InChI is InChI=1S/C20H13ClF3N5S/c21-17-8-5-14(10-16(17)20(22,23)24)28-19(30)27-13-3-6-15(7-4-13)29-18-12(11-26-29)2-1-9-25-18/h1-11H,(H2,27,28,30). The highest BCUT2D eigenvalue weighted by Crippen LogP contribution is 2.36. The highest BCUT2D eigenvalue weighted by Gasteiger charge is 2.33. The summed E-state index contributed by atoms with van der Waals surface area (Å²) in [7, 11) is 0. The fourth-order valence-electron chi connectivity index (χ4n) is 2.85. The third-order valence-corrected chi connectivity index (χ3v) is 4.76. The number of hydrogen-bond acceptors (Lipinski definition) is 3. The largest absolute Gasteiger partial charge is 0.417 e. The Bertz CT molecular complexity index is 1220. The van der Waals surface area contributed by atoms with Crippen molar-refractivity contribution in [3.8, 4) is 5.69 Å². The Labute approximate surface area is 179 Å². The fraction of sp³-hybridized carbons (Fsp3) is 0.0500. The van der Waals surface area contributed by atoms with Crippen LogP contribution in [0.5, 0.6) is 0 Å². The monoisotopic (exact) mass is 447 g/mol. The smallest absolute Gasteiger partial charge is 0.332 e. The third-order valence-electron chi connectivity index (χ3n) is 4.23. The van der Waals surface area contributed by atoms with Gasteiger partial charge in [-0.2, -0.15) is 18.3 Å². The summed E-state index contributed by atoms with van der Waals surface area (Å²) in [5.41, 5.74) is 1.45. The number of halogens is 4. The Morgan fingerprint density at radius 3 is 2.43 bits per heavy atom. The highest BCUT2D eigenvalue weighted by molar-refractivity contribution is 7.80. The number of alkyl halides is 3. The molecule has 0 saturated heterocycles. The molecule has 4 aromatic rings. The number of fused-ring (bicyclic) bond motifs is 1. The van der Waals surface area contributed by atoms with E-state index in [1.54, 1.807) is 29.2 Å². The molecule has 10 heteroatoms. The number of anilines is 2. The molecule has 5 nitrogen and oxygen atoms in total. The van der Waals surface area contributed by atoms with Crippen molar-refractivity contribution in [2.45, 2.75) is 6.18 Å². The minimum Gasteiger partial charge on any atom is -0.332 e. The number of nitrogens with zero attached hydrogens (tertiary/aromatic N) is 3. The third kappa shape index (κ3) is 4.22. The lowest BCUT2D eigenvalue weighted by Crippen LogP contribution is -2.19. The molecule has 0 fully saturated rings. The van der Waals surface area contributed by atoms with Gasteiger partial charge in [0.1, 0.15) is 0 Å². The first-order valence-electron chi connectivity index (χ1n) is 8.65. The van der Waals surface area contributed by atoms with E-state index in [0.717, 1.165) is 22.8 Å². The zero-order valence-electron chi connectivity index (χ0n) is 15.1. The van der Waals surface area contributed by atoms with Gasteiger partial charge in [-0.15, -0.1) is 0 Å². The molecule has 0 radical (unpaired) electrons. The van der Waals surface area contributed by atoms with Crippen LogP contribution in [0.25, 0.3) is 16.7 Å². The molecule has 30 heavy (non-hydrogen) atoms. The molecule has 4 rings (SSSR count). The first-order chi connectivity index (χ1) is 14.3. The SMILES string of the molecule is FC(F)(F)c1cc(NC(=S)Nc2ccc(-n3ncc4cccnc43)cc2)ccc1Cl.